The van der Waals surface area contributed by atoms with Crippen LogP contribution in [0.25, 0.3) is 0 Å². The molecule has 0 aliphatic carbocycles. The van der Waals surface area contributed by atoms with E-state index < -0.39 is 11.7 Å². The highest BCUT2D eigenvalue weighted by Crippen LogP contribution is 2.25. The van der Waals surface area contributed by atoms with E-state index in [4.69, 9.17) is 4.74 Å². The Bertz CT molecular complexity index is 850. The summed E-state index contributed by atoms with van der Waals surface area (Å²) >= 11 is 0. The molecule has 0 saturated carbocycles. The molecule has 3 N–H and O–H groups in total. The zero-order valence-electron chi connectivity index (χ0n) is 17.2. The monoisotopic (exact) mass is 395 g/mol. The molecule has 2 amide bonds. The first-order valence-corrected chi connectivity index (χ1v) is 10.0. The number of hydrogen-bond donors (Lipinski definition) is 3. The van der Waals surface area contributed by atoms with E-state index in [9.17, 15) is 9.59 Å². The fourth-order valence-corrected chi connectivity index (χ4v) is 3.35. The molecule has 0 spiro atoms. The molecule has 1 aliphatic rings. The van der Waals surface area contributed by atoms with Gasteiger partial charge in [-0.3, -0.25) is 10.1 Å². The van der Waals surface area contributed by atoms with Crippen LogP contribution >= 0.6 is 0 Å². The van der Waals surface area contributed by atoms with Gasteiger partial charge in [0, 0.05) is 12.1 Å². The van der Waals surface area contributed by atoms with Gasteiger partial charge in [0.25, 0.3) is 5.91 Å². The van der Waals surface area contributed by atoms with Gasteiger partial charge in [-0.15, -0.1) is 0 Å². The summed E-state index contributed by atoms with van der Waals surface area (Å²) in [6, 6.07) is 14.8. The lowest BCUT2D eigenvalue weighted by Crippen LogP contribution is -2.28. The van der Waals surface area contributed by atoms with Gasteiger partial charge in [-0.2, -0.15) is 0 Å². The molecule has 0 bridgehead atoms. The van der Waals surface area contributed by atoms with Crippen molar-refractivity contribution in [3.05, 3.63) is 59.7 Å². The largest absolute Gasteiger partial charge is 0.444 e. The lowest BCUT2D eigenvalue weighted by atomic mass is 9.91. The van der Waals surface area contributed by atoms with Crippen molar-refractivity contribution in [3.8, 4) is 0 Å². The van der Waals surface area contributed by atoms with Crippen LogP contribution < -0.4 is 16.0 Å². The number of amides is 2. The average molecular weight is 396 g/mol. The summed E-state index contributed by atoms with van der Waals surface area (Å²) in [6.07, 6.45) is 1.78. The third-order valence-corrected chi connectivity index (χ3v) is 4.75. The maximum Gasteiger partial charge on any atom is 0.412 e. The van der Waals surface area contributed by atoms with Crippen LogP contribution in [0.2, 0.25) is 0 Å². The van der Waals surface area contributed by atoms with Gasteiger partial charge in [-0.25, -0.2) is 4.79 Å². The van der Waals surface area contributed by atoms with Gasteiger partial charge in [0.15, 0.2) is 0 Å². The van der Waals surface area contributed by atoms with Gasteiger partial charge in [0.05, 0.1) is 11.4 Å². The highest BCUT2D eigenvalue weighted by atomic mass is 16.6. The van der Waals surface area contributed by atoms with Crippen molar-refractivity contribution < 1.29 is 14.3 Å². The van der Waals surface area contributed by atoms with Crippen LogP contribution in [0.5, 0.6) is 0 Å². The third-order valence-electron chi connectivity index (χ3n) is 4.75. The molecular formula is C23H29N3O3. The summed E-state index contributed by atoms with van der Waals surface area (Å²) in [5.74, 6) is 0.274. The molecule has 1 fully saturated rings. The number of para-hydroxylation sites is 2. The second-order valence-electron chi connectivity index (χ2n) is 8.29. The summed E-state index contributed by atoms with van der Waals surface area (Å²) in [5, 5.41) is 8.98. The quantitative estimate of drug-likeness (QED) is 0.698. The first-order valence-electron chi connectivity index (χ1n) is 10.0. The number of rotatable bonds is 4. The normalized spacial score (nSPS) is 16.7. The molecule has 1 aliphatic heterocycles. The van der Waals surface area contributed by atoms with Crippen molar-refractivity contribution in [2.24, 2.45) is 0 Å². The summed E-state index contributed by atoms with van der Waals surface area (Å²) in [5.41, 5.74) is 2.23. The van der Waals surface area contributed by atoms with E-state index in [1.165, 1.54) is 18.4 Å². The summed E-state index contributed by atoms with van der Waals surface area (Å²) in [4.78, 5) is 24.8. The number of nitrogens with one attached hydrogen (secondary N) is 3. The van der Waals surface area contributed by atoms with Crippen LogP contribution in [0.3, 0.4) is 0 Å². The molecule has 2 aromatic rings. The lowest BCUT2D eigenvalue weighted by molar-refractivity contribution is 0.0635. The van der Waals surface area contributed by atoms with E-state index in [1.807, 2.05) is 24.3 Å². The summed E-state index contributed by atoms with van der Waals surface area (Å²) in [6.45, 7) is 7.46. The Morgan fingerprint density at radius 1 is 1.00 bits per heavy atom. The predicted octanol–water partition coefficient (Wildman–Crippen LogP) is 4.75. The molecule has 6 nitrogen and oxygen atoms in total. The standard InChI is InChI=1S/C23H29N3O3/c1-23(2,3)29-22(28)26-20-9-5-4-8-19(20)25-21(27)17-12-10-16(11-13-17)18-7-6-14-24-15-18/h4-5,8-13,18,24H,6-7,14-15H2,1-3H3,(H,25,27)(H,26,28). The van der Waals surface area contributed by atoms with Crippen molar-refractivity contribution in [1.82, 2.24) is 5.32 Å². The second-order valence-corrected chi connectivity index (χ2v) is 8.29. The molecule has 29 heavy (non-hydrogen) atoms. The number of ether oxygens (including phenoxy) is 1. The van der Waals surface area contributed by atoms with E-state index in [-0.39, 0.29) is 5.91 Å². The Balaban J connectivity index is 1.66. The van der Waals surface area contributed by atoms with Gasteiger partial charge in [-0.05, 0) is 75.9 Å². The van der Waals surface area contributed by atoms with Crippen molar-refractivity contribution >= 4 is 23.4 Å². The van der Waals surface area contributed by atoms with Gasteiger partial charge in [0.1, 0.15) is 5.60 Å². The molecule has 1 atom stereocenters. The van der Waals surface area contributed by atoms with Crippen molar-refractivity contribution in [2.45, 2.75) is 45.1 Å². The highest BCUT2D eigenvalue weighted by molar-refractivity contribution is 6.06. The molecule has 3 rings (SSSR count). The Morgan fingerprint density at radius 2 is 1.66 bits per heavy atom. The Kier molecular flexibility index (Phi) is 6.54. The Hall–Kier alpha value is -2.86. The number of carbonyl (C=O) groups excluding carboxylic acids is 2. The first-order chi connectivity index (χ1) is 13.8. The minimum absolute atomic E-state index is 0.225. The van der Waals surface area contributed by atoms with Crippen LogP contribution in [-0.4, -0.2) is 30.7 Å². The molecular weight excluding hydrogens is 366 g/mol. The van der Waals surface area contributed by atoms with Gasteiger partial charge < -0.3 is 15.4 Å². The lowest BCUT2D eigenvalue weighted by Gasteiger charge is -2.23. The minimum Gasteiger partial charge on any atom is -0.444 e. The number of hydrogen-bond acceptors (Lipinski definition) is 4. The molecule has 0 aromatic heterocycles. The van der Waals surface area contributed by atoms with Crippen LogP contribution in [0.4, 0.5) is 16.2 Å². The predicted molar refractivity (Wildman–Crippen MR) is 116 cm³/mol. The zero-order valence-corrected chi connectivity index (χ0v) is 17.2. The molecule has 6 heteroatoms. The topological polar surface area (TPSA) is 79.5 Å². The summed E-state index contributed by atoms with van der Waals surface area (Å²) in [7, 11) is 0. The van der Waals surface area contributed by atoms with Crippen LogP contribution in [-0.2, 0) is 4.74 Å². The van der Waals surface area contributed by atoms with Gasteiger partial charge in [0.2, 0.25) is 0 Å². The molecule has 154 valence electrons. The minimum atomic E-state index is -0.599. The van der Waals surface area contributed by atoms with E-state index in [0.717, 1.165) is 13.1 Å². The number of carbonyl (C=O) groups is 2. The fourth-order valence-electron chi connectivity index (χ4n) is 3.35. The van der Waals surface area contributed by atoms with E-state index in [0.29, 0.717) is 22.9 Å². The van der Waals surface area contributed by atoms with Gasteiger partial charge in [-0.1, -0.05) is 24.3 Å². The highest BCUT2D eigenvalue weighted by Gasteiger charge is 2.18. The maximum atomic E-state index is 12.7. The molecule has 1 heterocycles. The number of benzene rings is 2. The Morgan fingerprint density at radius 3 is 2.24 bits per heavy atom. The SMILES string of the molecule is CC(C)(C)OC(=O)Nc1ccccc1NC(=O)c1ccc(C2CCCNC2)cc1. The zero-order chi connectivity index (χ0) is 20.9. The smallest absolute Gasteiger partial charge is 0.412 e. The maximum absolute atomic E-state index is 12.7. The average Bonchev–Trinajstić information content (AvgIpc) is 2.69. The first kappa shape index (κ1) is 20.9. The van der Waals surface area contributed by atoms with Crippen molar-refractivity contribution in [1.29, 1.82) is 0 Å². The molecule has 2 aromatic carbocycles. The van der Waals surface area contributed by atoms with E-state index in [2.05, 4.69) is 16.0 Å². The molecule has 0 radical (unpaired) electrons. The van der Waals surface area contributed by atoms with Crippen LogP contribution in [0.1, 0.15) is 55.5 Å². The molecule has 1 unspecified atom stereocenters. The number of piperidine rings is 1. The number of anilines is 2. The molecule has 1 saturated heterocycles. The van der Waals surface area contributed by atoms with Crippen LogP contribution in [0, 0.1) is 0 Å². The van der Waals surface area contributed by atoms with E-state index in [1.54, 1.807) is 45.0 Å². The third kappa shape index (κ3) is 6.06. The summed E-state index contributed by atoms with van der Waals surface area (Å²) < 4.78 is 5.29. The Labute approximate surface area is 172 Å². The van der Waals surface area contributed by atoms with Crippen molar-refractivity contribution in [2.75, 3.05) is 23.7 Å². The fraction of sp³-hybridized carbons (Fsp3) is 0.391. The van der Waals surface area contributed by atoms with Crippen LogP contribution in [0.15, 0.2) is 48.5 Å². The van der Waals surface area contributed by atoms with Gasteiger partial charge >= 0.3 is 6.09 Å². The van der Waals surface area contributed by atoms with Crippen molar-refractivity contribution in [3.63, 3.8) is 0 Å². The van der Waals surface area contributed by atoms with E-state index >= 15 is 0 Å². The second kappa shape index (κ2) is 9.09.